The van der Waals surface area contributed by atoms with Gasteiger partial charge in [0, 0.05) is 0 Å². The van der Waals surface area contributed by atoms with Crippen molar-refractivity contribution in [2.75, 3.05) is 0 Å². The number of hydrogen-bond donors (Lipinski definition) is 0. The molecule has 1 heterocycles. The van der Waals surface area contributed by atoms with Crippen LogP contribution in [0.1, 0.15) is 17.8 Å². The molecule has 2 rings (SSSR count). The Hall–Kier alpha value is -1.33. The van der Waals surface area contributed by atoms with Crippen LogP contribution in [0.5, 0.6) is 0 Å². The van der Waals surface area contributed by atoms with E-state index in [0.717, 1.165) is 10.5 Å². The van der Waals surface area contributed by atoms with Gasteiger partial charge in [-0.05, 0) is 19.1 Å². The number of nitrogens with zero attached hydrogens (tertiary/aromatic N) is 1. The van der Waals surface area contributed by atoms with Gasteiger partial charge < -0.3 is 0 Å². The van der Waals surface area contributed by atoms with Gasteiger partial charge >= 0.3 is 0 Å². The van der Waals surface area contributed by atoms with E-state index in [9.17, 15) is 0 Å². The van der Waals surface area contributed by atoms with E-state index in [1.165, 1.54) is 4.70 Å². The molecule has 1 aromatic heterocycles. The van der Waals surface area contributed by atoms with Crippen LogP contribution in [0.15, 0.2) is 24.3 Å². The van der Waals surface area contributed by atoms with Gasteiger partial charge in [0.05, 0.1) is 16.1 Å². The summed E-state index contributed by atoms with van der Waals surface area (Å²) < 4.78 is 1.21. The van der Waals surface area contributed by atoms with E-state index in [4.69, 9.17) is 6.42 Å². The third-order valence-corrected chi connectivity index (χ3v) is 3.15. The number of benzene rings is 1. The van der Waals surface area contributed by atoms with Crippen molar-refractivity contribution >= 4 is 21.6 Å². The van der Waals surface area contributed by atoms with Crippen molar-refractivity contribution in [3.8, 4) is 12.3 Å². The van der Waals surface area contributed by atoms with Gasteiger partial charge in [-0.1, -0.05) is 18.1 Å². The normalized spacial score (nSPS) is 12.6. The van der Waals surface area contributed by atoms with E-state index >= 15 is 0 Å². The lowest BCUT2D eigenvalue weighted by Crippen LogP contribution is -1.85. The Morgan fingerprint density at radius 3 is 2.92 bits per heavy atom. The quantitative estimate of drug-likeness (QED) is 0.625. The third kappa shape index (κ3) is 1.43. The number of para-hydroxylation sites is 1. The molecule has 0 saturated heterocycles. The molecule has 0 aliphatic rings. The van der Waals surface area contributed by atoms with Crippen molar-refractivity contribution in [1.29, 1.82) is 0 Å². The average molecular weight is 187 g/mol. The molecule has 0 saturated carbocycles. The number of aromatic nitrogens is 1. The molecule has 0 fully saturated rings. The van der Waals surface area contributed by atoms with Crippen molar-refractivity contribution in [2.45, 2.75) is 12.8 Å². The molecule has 0 amide bonds. The lowest BCUT2D eigenvalue weighted by Gasteiger charge is -1.94. The largest absolute Gasteiger partial charge is 0.240 e. The zero-order valence-corrected chi connectivity index (χ0v) is 8.14. The Bertz CT molecular complexity index is 431. The molecule has 2 aromatic rings. The summed E-state index contributed by atoms with van der Waals surface area (Å²) in [5.41, 5.74) is 1.05. The second kappa shape index (κ2) is 3.20. The molecule has 0 radical (unpaired) electrons. The van der Waals surface area contributed by atoms with Crippen LogP contribution in [0.25, 0.3) is 10.2 Å². The summed E-state index contributed by atoms with van der Waals surface area (Å²) in [6.07, 6.45) is 5.34. The summed E-state index contributed by atoms with van der Waals surface area (Å²) in [6, 6.07) is 8.09. The second-order valence-corrected chi connectivity index (χ2v) is 3.97. The van der Waals surface area contributed by atoms with Crippen molar-refractivity contribution in [2.24, 2.45) is 0 Å². The molecule has 1 aromatic carbocycles. The van der Waals surface area contributed by atoms with Crippen molar-refractivity contribution in [3.63, 3.8) is 0 Å². The summed E-state index contributed by atoms with van der Waals surface area (Å²) in [7, 11) is 0. The highest BCUT2D eigenvalue weighted by molar-refractivity contribution is 7.18. The first-order valence-electron chi connectivity index (χ1n) is 4.13. The summed E-state index contributed by atoms with van der Waals surface area (Å²) in [6.45, 7) is 2.00. The first-order chi connectivity index (χ1) is 6.31. The van der Waals surface area contributed by atoms with Gasteiger partial charge in [0.25, 0.3) is 0 Å². The molecule has 0 aliphatic carbocycles. The van der Waals surface area contributed by atoms with Gasteiger partial charge in [-0.2, -0.15) is 0 Å². The molecule has 13 heavy (non-hydrogen) atoms. The van der Waals surface area contributed by atoms with Gasteiger partial charge in [0.15, 0.2) is 0 Å². The fourth-order valence-corrected chi connectivity index (χ4v) is 2.13. The lowest BCUT2D eigenvalue weighted by molar-refractivity contribution is 0.988. The standard InChI is InChI=1S/C11H9NS/c1-3-8(2)11-12-9-6-4-5-7-10(9)13-11/h1,4-8H,2H3. The van der Waals surface area contributed by atoms with E-state index in [2.05, 4.69) is 17.0 Å². The van der Waals surface area contributed by atoms with Gasteiger partial charge in [0.1, 0.15) is 5.01 Å². The van der Waals surface area contributed by atoms with Crippen molar-refractivity contribution < 1.29 is 0 Å². The van der Waals surface area contributed by atoms with Gasteiger partial charge in [0.2, 0.25) is 0 Å². The van der Waals surface area contributed by atoms with Crippen LogP contribution >= 0.6 is 11.3 Å². The van der Waals surface area contributed by atoms with Crippen LogP contribution < -0.4 is 0 Å². The molecule has 64 valence electrons. The number of hydrogen-bond acceptors (Lipinski definition) is 2. The van der Waals surface area contributed by atoms with Crippen LogP contribution in [-0.4, -0.2) is 4.98 Å². The number of thiazole rings is 1. The lowest BCUT2D eigenvalue weighted by atomic mass is 10.2. The SMILES string of the molecule is C#CC(C)c1nc2ccccc2s1. The van der Waals surface area contributed by atoms with Crippen LogP contribution in [0.4, 0.5) is 0 Å². The summed E-state index contributed by atoms with van der Waals surface area (Å²) >= 11 is 1.68. The monoisotopic (exact) mass is 187 g/mol. The first kappa shape index (κ1) is 8.28. The maximum Gasteiger partial charge on any atom is 0.109 e. The second-order valence-electron chi connectivity index (χ2n) is 2.91. The zero-order valence-electron chi connectivity index (χ0n) is 7.32. The molecule has 2 heteroatoms. The average Bonchev–Trinajstić information content (AvgIpc) is 2.59. The number of fused-ring (bicyclic) bond motifs is 1. The van der Waals surface area contributed by atoms with E-state index in [-0.39, 0.29) is 5.92 Å². The third-order valence-electron chi connectivity index (χ3n) is 1.93. The topological polar surface area (TPSA) is 12.9 Å². The highest BCUT2D eigenvalue weighted by atomic mass is 32.1. The van der Waals surface area contributed by atoms with Crippen molar-refractivity contribution in [3.05, 3.63) is 29.3 Å². The Balaban J connectivity index is 2.57. The number of rotatable bonds is 1. The van der Waals surface area contributed by atoms with Gasteiger partial charge in [-0.3, -0.25) is 0 Å². The summed E-state index contributed by atoms with van der Waals surface area (Å²) in [5.74, 6) is 2.81. The number of terminal acetylenes is 1. The zero-order chi connectivity index (χ0) is 9.26. The first-order valence-corrected chi connectivity index (χ1v) is 4.94. The molecule has 0 aliphatic heterocycles. The minimum absolute atomic E-state index is 0.123. The Labute approximate surface area is 81.4 Å². The predicted molar refractivity (Wildman–Crippen MR) is 56.9 cm³/mol. The van der Waals surface area contributed by atoms with E-state index in [1.54, 1.807) is 11.3 Å². The molecular formula is C11H9NS. The molecule has 0 bridgehead atoms. The minimum atomic E-state index is 0.123. The Morgan fingerprint density at radius 1 is 1.46 bits per heavy atom. The van der Waals surface area contributed by atoms with Gasteiger partial charge in [-0.25, -0.2) is 4.98 Å². The fraction of sp³-hybridized carbons (Fsp3) is 0.182. The molecule has 1 atom stereocenters. The maximum absolute atomic E-state index is 5.34. The highest BCUT2D eigenvalue weighted by Crippen LogP contribution is 2.26. The molecule has 1 unspecified atom stereocenters. The summed E-state index contributed by atoms with van der Waals surface area (Å²) in [4.78, 5) is 4.46. The van der Waals surface area contributed by atoms with Crippen molar-refractivity contribution in [1.82, 2.24) is 4.98 Å². The highest BCUT2D eigenvalue weighted by Gasteiger charge is 2.07. The Morgan fingerprint density at radius 2 is 2.23 bits per heavy atom. The van der Waals surface area contributed by atoms with E-state index in [0.29, 0.717) is 0 Å². The molecule has 0 spiro atoms. The Kier molecular flexibility index (Phi) is 2.03. The smallest absolute Gasteiger partial charge is 0.109 e. The fourth-order valence-electron chi connectivity index (χ4n) is 1.15. The molecular weight excluding hydrogens is 178 g/mol. The van der Waals surface area contributed by atoms with Gasteiger partial charge in [-0.15, -0.1) is 17.8 Å². The van der Waals surface area contributed by atoms with Crippen LogP contribution in [0.3, 0.4) is 0 Å². The van der Waals surface area contributed by atoms with Crippen LogP contribution in [0.2, 0.25) is 0 Å². The maximum atomic E-state index is 5.34. The van der Waals surface area contributed by atoms with Crippen LogP contribution in [-0.2, 0) is 0 Å². The van der Waals surface area contributed by atoms with E-state index < -0.39 is 0 Å². The summed E-state index contributed by atoms with van der Waals surface area (Å²) in [5, 5.41) is 1.03. The molecule has 0 N–H and O–H groups in total. The van der Waals surface area contributed by atoms with E-state index in [1.807, 2.05) is 25.1 Å². The van der Waals surface area contributed by atoms with Crippen LogP contribution in [0, 0.1) is 12.3 Å². The predicted octanol–water partition coefficient (Wildman–Crippen LogP) is 3.03. The minimum Gasteiger partial charge on any atom is -0.240 e. The molecule has 1 nitrogen and oxygen atoms in total.